The molecule has 0 aromatic heterocycles. The average Bonchev–Trinajstić information content (AvgIpc) is 3.02. The quantitative estimate of drug-likeness (QED) is 0.838. The summed E-state index contributed by atoms with van der Waals surface area (Å²) in [6.07, 6.45) is 2.08. The van der Waals surface area contributed by atoms with Gasteiger partial charge in [-0.2, -0.15) is 0 Å². The highest BCUT2D eigenvalue weighted by atomic mass is 16.2. The van der Waals surface area contributed by atoms with Crippen LogP contribution in [0.1, 0.15) is 39.6 Å². The number of carbonyl (C=O) groups is 2. The maximum Gasteiger partial charge on any atom is 0.254 e. The smallest absolute Gasteiger partial charge is 0.254 e. The van der Waals surface area contributed by atoms with E-state index >= 15 is 0 Å². The second-order valence-corrected chi connectivity index (χ2v) is 8.05. The van der Waals surface area contributed by atoms with E-state index in [9.17, 15) is 9.59 Å². The molecule has 0 radical (unpaired) electrons. The Morgan fingerprint density at radius 2 is 1.67 bits per heavy atom. The van der Waals surface area contributed by atoms with Crippen molar-refractivity contribution in [1.29, 1.82) is 0 Å². The Morgan fingerprint density at radius 1 is 1.00 bits per heavy atom. The molecule has 2 heterocycles. The molecule has 1 saturated heterocycles. The fourth-order valence-electron chi connectivity index (χ4n) is 4.68. The molecule has 0 spiro atoms. The van der Waals surface area contributed by atoms with E-state index in [0.29, 0.717) is 17.7 Å². The van der Waals surface area contributed by atoms with E-state index in [2.05, 4.69) is 29.2 Å². The molecule has 2 aromatic rings. The van der Waals surface area contributed by atoms with Crippen LogP contribution in [0, 0.1) is 5.41 Å². The van der Waals surface area contributed by atoms with E-state index in [1.165, 1.54) is 5.56 Å². The van der Waals surface area contributed by atoms with Gasteiger partial charge >= 0.3 is 0 Å². The van der Waals surface area contributed by atoms with Gasteiger partial charge < -0.3 is 9.80 Å². The minimum Gasteiger partial charge on any atom is -0.336 e. The van der Waals surface area contributed by atoms with Gasteiger partial charge in [0.25, 0.3) is 5.91 Å². The van der Waals surface area contributed by atoms with Crippen molar-refractivity contribution in [2.45, 2.75) is 25.8 Å². The van der Waals surface area contributed by atoms with Gasteiger partial charge in [-0.25, -0.2) is 0 Å². The first kappa shape index (κ1) is 17.9. The van der Waals surface area contributed by atoms with Crippen LogP contribution in [0.3, 0.4) is 0 Å². The molecule has 0 N–H and O–H groups in total. The van der Waals surface area contributed by atoms with Crippen molar-refractivity contribution >= 4 is 11.7 Å². The summed E-state index contributed by atoms with van der Waals surface area (Å²) >= 11 is 0. The molecule has 140 valence electrons. The van der Waals surface area contributed by atoms with Crippen LogP contribution < -0.4 is 0 Å². The number of amides is 1. The molecule has 0 aliphatic carbocycles. The number of carbonyl (C=O) groups excluding carboxylic acids is 2. The van der Waals surface area contributed by atoms with Gasteiger partial charge in [-0.05, 0) is 37.9 Å². The topological polar surface area (TPSA) is 40.6 Å². The number of rotatable bonds is 4. The minimum atomic E-state index is -0.552. The summed E-state index contributed by atoms with van der Waals surface area (Å²) < 4.78 is 0. The lowest BCUT2D eigenvalue weighted by Crippen LogP contribution is -2.47. The van der Waals surface area contributed by atoms with E-state index in [0.717, 1.165) is 25.9 Å². The maximum atomic E-state index is 13.4. The average molecular weight is 362 g/mol. The maximum absolute atomic E-state index is 13.4. The molecular weight excluding hydrogens is 336 g/mol. The van der Waals surface area contributed by atoms with Crippen molar-refractivity contribution in [2.24, 2.45) is 5.41 Å². The Morgan fingerprint density at radius 3 is 2.41 bits per heavy atom. The zero-order chi connectivity index (χ0) is 19.0. The lowest BCUT2D eigenvalue weighted by atomic mass is 9.78. The monoisotopic (exact) mass is 362 g/mol. The highest BCUT2D eigenvalue weighted by Gasteiger charge is 2.53. The van der Waals surface area contributed by atoms with Crippen molar-refractivity contribution in [3.05, 3.63) is 71.3 Å². The molecule has 2 aliphatic rings. The zero-order valence-corrected chi connectivity index (χ0v) is 16.0. The molecular formula is C23H26N2O2. The molecule has 4 rings (SSSR count). The number of likely N-dealkylation sites (tertiary alicyclic amines) is 1. The van der Waals surface area contributed by atoms with E-state index < -0.39 is 5.41 Å². The first-order valence-electron chi connectivity index (χ1n) is 9.68. The molecule has 1 amide bonds. The molecule has 0 unspecified atom stereocenters. The number of Topliss-reactive ketones (excluding diaryl/α,β-unsaturated/α-hetero) is 1. The number of hydrogen-bond donors (Lipinski definition) is 0. The Kier molecular flexibility index (Phi) is 4.60. The molecule has 2 aliphatic heterocycles. The van der Waals surface area contributed by atoms with Crippen molar-refractivity contribution in [3.63, 3.8) is 0 Å². The number of hydrogen-bond acceptors (Lipinski definition) is 3. The van der Waals surface area contributed by atoms with Gasteiger partial charge in [0.15, 0.2) is 5.78 Å². The van der Waals surface area contributed by atoms with E-state index in [1.807, 2.05) is 32.2 Å². The molecule has 1 fully saturated rings. The first-order valence-corrected chi connectivity index (χ1v) is 9.68. The summed E-state index contributed by atoms with van der Waals surface area (Å²) in [5.41, 5.74) is 1.90. The number of aryl methyl sites for hydroxylation is 1. The van der Waals surface area contributed by atoms with Gasteiger partial charge in [-0.15, -0.1) is 0 Å². The Hall–Kier alpha value is -2.46. The number of nitrogens with zero attached hydrogens (tertiary/aromatic N) is 2. The third-order valence-corrected chi connectivity index (χ3v) is 6.21. The van der Waals surface area contributed by atoms with Crippen molar-refractivity contribution < 1.29 is 9.59 Å². The van der Waals surface area contributed by atoms with Gasteiger partial charge in [0.05, 0.1) is 17.0 Å². The first-order chi connectivity index (χ1) is 13.0. The fourth-order valence-corrected chi connectivity index (χ4v) is 4.68. The second-order valence-electron chi connectivity index (χ2n) is 8.05. The van der Waals surface area contributed by atoms with Gasteiger partial charge in [0, 0.05) is 25.7 Å². The normalized spacial score (nSPS) is 25.3. The molecule has 4 nitrogen and oxygen atoms in total. The molecule has 2 atom stereocenters. The summed E-state index contributed by atoms with van der Waals surface area (Å²) in [5, 5.41) is 0. The van der Waals surface area contributed by atoms with Crippen molar-refractivity contribution in [2.75, 3.05) is 26.7 Å². The van der Waals surface area contributed by atoms with Gasteiger partial charge in [0.1, 0.15) is 0 Å². The summed E-state index contributed by atoms with van der Waals surface area (Å²) in [7, 11) is 1.84. The minimum absolute atomic E-state index is 0.0428. The standard InChI is InChI=1S/C23H26N2O2/c1-23-16-25(14-8-11-17-9-4-3-5-10-17)15-20(23)24(2)22(27)19-13-7-6-12-18(19)21(23)26/h3-7,9-10,12-13,20H,8,11,14-16H2,1-2H3/t20-,23+/m1/s1. The highest BCUT2D eigenvalue weighted by molar-refractivity contribution is 6.12. The fraction of sp³-hybridized carbons (Fsp3) is 0.391. The summed E-state index contributed by atoms with van der Waals surface area (Å²) in [6, 6.07) is 17.7. The molecule has 0 bridgehead atoms. The van der Waals surface area contributed by atoms with Crippen LogP contribution in [0.5, 0.6) is 0 Å². The molecule has 2 aromatic carbocycles. The van der Waals surface area contributed by atoms with E-state index in [1.54, 1.807) is 17.0 Å². The Labute approximate surface area is 160 Å². The van der Waals surface area contributed by atoms with Crippen LogP contribution in [0.25, 0.3) is 0 Å². The number of fused-ring (bicyclic) bond motifs is 2. The van der Waals surface area contributed by atoms with Crippen LogP contribution in [0.15, 0.2) is 54.6 Å². The third-order valence-electron chi connectivity index (χ3n) is 6.21. The lowest BCUT2D eigenvalue weighted by Gasteiger charge is -2.32. The Bertz CT molecular complexity index is 864. The predicted molar refractivity (Wildman–Crippen MR) is 106 cm³/mol. The SMILES string of the molecule is CN1C(=O)c2ccccc2C(=O)[C@@]2(C)CN(CCCc3ccccc3)C[C@@H]12. The Balaban J connectivity index is 1.52. The number of likely N-dealkylation sites (N-methyl/N-ethyl adjacent to an activating group) is 1. The van der Waals surface area contributed by atoms with Gasteiger partial charge in [-0.3, -0.25) is 9.59 Å². The largest absolute Gasteiger partial charge is 0.336 e. The molecule has 0 saturated carbocycles. The summed E-state index contributed by atoms with van der Waals surface area (Å²) in [6.45, 7) is 4.44. The van der Waals surface area contributed by atoms with Crippen molar-refractivity contribution in [3.8, 4) is 0 Å². The molecule has 4 heteroatoms. The summed E-state index contributed by atoms with van der Waals surface area (Å²) in [4.78, 5) is 30.4. The number of ketones is 1. The van der Waals surface area contributed by atoms with Gasteiger partial charge in [0.2, 0.25) is 0 Å². The molecule has 27 heavy (non-hydrogen) atoms. The number of benzene rings is 2. The second kappa shape index (κ2) is 6.93. The van der Waals surface area contributed by atoms with Crippen LogP contribution in [0.2, 0.25) is 0 Å². The van der Waals surface area contributed by atoms with Crippen LogP contribution in [0.4, 0.5) is 0 Å². The van der Waals surface area contributed by atoms with Gasteiger partial charge in [-0.1, -0.05) is 48.5 Å². The lowest BCUT2D eigenvalue weighted by molar-refractivity contribution is 0.0606. The van der Waals surface area contributed by atoms with Crippen LogP contribution >= 0.6 is 0 Å². The zero-order valence-electron chi connectivity index (χ0n) is 16.0. The predicted octanol–water partition coefficient (Wildman–Crippen LogP) is 3.28. The third kappa shape index (κ3) is 3.08. The highest BCUT2D eigenvalue weighted by Crippen LogP contribution is 2.40. The van der Waals surface area contributed by atoms with E-state index in [-0.39, 0.29) is 17.7 Å². The van der Waals surface area contributed by atoms with E-state index in [4.69, 9.17) is 0 Å². The van der Waals surface area contributed by atoms with Crippen molar-refractivity contribution in [1.82, 2.24) is 9.80 Å². The van der Waals surface area contributed by atoms with Crippen LogP contribution in [-0.4, -0.2) is 54.2 Å². The summed E-state index contributed by atoms with van der Waals surface area (Å²) in [5.74, 6) is 0.0603. The van der Waals surface area contributed by atoms with Crippen LogP contribution in [-0.2, 0) is 6.42 Å².